The van der Waals surface area contributed by atoms with Crippen LogP contribution in [0.3, 0.4) is 0 Å². The van der Waals surface area contributed by atoms with Gasteiger partial charge in [0.15, 0.2) is 0 Å². The standard InChI is InChI=1S/C14H18N2O2S/c1-11-3-2-4-14(11)16-19(17,18)13-7-5-12(6-8-13)9-10-15/h5-8,11,14,16H,2-4,9H2,1H3. The fourth-order valence-corrected chi connectivity index (χ4v) is 3.84. The molecule has 5 heteroatoms. The van der Waals surface area contributed by atoms with E-state index in [2.05, 4.69) is 11.6 Å². The molecule has 0 radical (unpaired) electrons. The van der Waals surface area contributed by atoms with E-state index >= 15 is 0 Å². The molecule has 0 bridgehead atoms. The summed E-state index contributed by atoms with van der Waals surface area (Å²) in [5, 5.41) is 8.59. The Morgan fingerprint density at radius 2 is 2.00 bits per heavy atom. The van der Waals surface area contributed by atoms with Gasteiger partial charge in [-0.2, -0.15) is 5.26 Å². The van der Waals surface area contributed by atoms with E-state index in [1.165, 1.54) is 0 Å². The Bertz CT molecular complexity index is 572. The maximum Gasteiger partial charge on any atom is 0.240 e. The number of nitriles is 1. The van der Waals surface area contributed by atoms with Crippen LogP contribution in [0.25, 0.3) is 0 Å². The first-order valence-corrected chi connectivity index (χ1v) is 7.99. The Labute approximate surface area is 114 Å². The molecule has 0 heterocycles. The minimum Gasteiger partial charge on any atom is -0.208 e. The first kappa shape index (κ1) is 14.0. The zero-order valence-corrected chi connectivity index (χ0v) is 11.8. The van der Waals surface area contributed by atoms with E-state index in [0.29, 0.717) is 12.3 Å². The van der Waals surface area contributed by atoms with Crippen LogP contribution in [0.4, 0.5) is 0 Å². The van der Waals surface area contributed by atoms with Gasteiger partial charge in [-0.1, -0.05) is 25.5 Å². The SMILES string of the molecule is CC1CCCC1NS(=O)(=O)c1ccc(CC#N)cc1. The minimum atomic E-state index is -3.44. The Morgan fingerprint density at radius 1 is 1.32 bits per heavy atom. The van der Waals surface area contributed by atoms with Gasteiger partial charge in [0.05, 0.1) is 17.4 Å². The van der Waals surface area contributed by atoms with Crippen LogP contribution in [0.2, 0.25) is 0 Å². The van der Waals surface area contributed by atoms with Crippen molar-refractivity contribution in [1.82, 2.24) is 4.72 Å². The monoisotopic (exact) mass is 278 g/mol. The lowest BCUT2D eigenvalue weighted by atomic mass is 10.1. The first-order valence-electron chi connectivity index (χ1n) is 6.51. The summed E-state index contributed by atoms with van der Waals surface area (Å²) in [7, 11) is -3.44. The smallest absolute Gasteiger partial charge is 0.208 e. The van der Waals surface area contributed by atoms with Crippen LogP contribution in [-0.2, 0) is 16.4 Å². The van der Waals surface area contributed by atoms with Crippen molar-refractivity contribution >= 4 is 10.0 Å². The third-order valence-electron chi connectivity index (χ3n) is 3.68. The zero-order valence-electron chi connectivity index (χ0n) is 11.0. The quantitative estimate of drug-likeness (QED) is 0.918. The van der Waals surface area contributed by atoms with Gasteiger partial charge in [0.25, 0.3) is 0 Å². The molecule has 0 amide bonds. The Morgan fingerprint density at radius 3 is 2.53 bits per heavy atom. The molecule has 2 atom stereocenters. The van der Waals surface area contributed by atoms with Gasteiger partial charge in [-0.05, 0) is 36.5 Å². The molecule has 102 valence electrons. The largest absolute Gasteiger partial charge is 0.240 e. The van der Waals surface area contributed by atoms with E-state index in [1.807, 2.05) is 6.07 Å². The molecule has 0 aromatic heterocycles. The molecule has 0 saturated heterocycles. The maximum atomic E-state index is 12.2. The molecule has 1 aromatic rings. The van der Waals surface area contributed by atoms with E-state index in [9.17, 15) is 8.42 Å². The summed E-state index contributed by atoms with van der Waals surface area (Å²) in [6.07, 6.45) is 3.37. The molecule has 19 heavy (non-hydrogen) atoms. The second-order valence-corrected chi connectivity index (χ2v) is 6.83. The molecular weight excluding hydrogens is 260 g/mol. The maximum absolute atomic E-state index is 12.2. The van der Waals surface area contributed by atoms with E-state index in [-0.39, 0.29) is 10.9 Å². The van der Waals surface area contributed by atoms with Crippen molar-refractivity contribution in [1.29, 1.82) is 5.26 Å². The van der Waals surface area contributed by atoms with Crippen molar-refractivity contribution in [3.63, 3.8) is 0 Å². The highest BCUT2D eigenvalue weighted by atomic mass is 32.2. The van der Waals surface area contributed by atoms with E-state index in [0.717, 1.165) is 24.8 Å². The third-order valence-corrected chi connectivity index (χ3v) is 5.19. The zero-order chi connectivity index (χ0) is 13.9. The number of sulfonamides is 1. The highest BCUT2D eigenvalue weighted by Crippen LogP contribution is 2.26. The van der Waals surface area contributed by atoms with Gasteiger partial charge < -0.3 is 0 Å². The highest BCUT2D eigenvalue weighted by molar-refractivity contribution is 7.89. The second-order valence-electron chi connectivity index (χ2n) is 5.11. The average Bonchev–Trinajstić information content (AvgIpc) is 2.75. The van der Waals surface area contributed by atoms with Crippen molar-refractivity contribution in [3.05, 3.63) is 29.8 Å². The van der Waals surface area contributed by atoms with E-state index in [1.54, 1.807) is 24.3 Å². The topological polar surface area (TPSA) is 70.0 Å². The van der Waals surface area contributed by atoms with Gasteiger partial charge in [0, 0.05) is 6.04 Å². The predicted octanol–water partition coefficient (Wildman–Crippen LogP) is 2.22. The lowest BCUT2D eigenvalue weighted by molar-refractivity contribution is 0.476. The number of hydrogen-bond acceptors (Lipinski definition) is 3. The average molecular weight is 278 g/mol. The van der Waals surface area contributed by atoms with Crippen LogP contribution in [-0.4, -0.2) is 14.5 Å². The molecule has 1 aliphatic rings. The molecule has 1 saturated carbocycles. The van der Waals surface area contributed by atoms with Gasteiger partial charge in [0.1, 0.15) is 0 Å². The van der Waals surface area contributed by atoms with Crippen LogP contribution in [0.15, 0.2) is 29.2 Å². The van der Waals surface area contributed by atoms with Crippen molar-refractivity contribution in [2.75, 3.05) is 0 Å². The predicted molar refractivity (Wildman–Crippen MR) is 72.9 cm³/mol. The Balaban J connectivity index is 2.13. The molecule has 1 aliphatic carbocycles. The normalized spacial score (nSPS) is 23.2. The van der Waals surface area contributed by atoms with Gasteiger partial charge in [-0.15, -0.1) is 0 Å². The summed E-state index contributed by atoms with van der Waals surface area (Å²) in [6, 6.07) is 8.60. The van der Waals surface area contributed by atoms with Crippen LogP contribution in [0.1, 0.15) is 31.7 Å². The van der Waals surface area contributed by atoms with E-state index in [4.69, 9.17) is 5.26 Å². The first-order chi connectivity index (χ1) is 9.03. The molecule has 4 nitrogen and oxygen atoms in total. The van der Waals surface area contributed by atoms with Gasteiger partial charge in [0.2, 0.25) is 10.0 Å². The molecule has 0 spiro atoms. The van der Waals surface area contributed by atoms with Crippen molar-refractivity contribution in [2.24, 2.45) is 5.92 Å². The van der Waals surface area contributed by atoms with Crippen LogP contribution < -0.4 is 4.72 Å². The van der Waals surface area contributed by atoms with Gasteiger partial charge >= 0.3 is 0 Å². The van der Waals surface area contributed by atoms with Crippen LogP contribution >= 0.6 is 0 Å². The minimum absolute atomic E-state index is 0.0452. The number of hydrogen-bond donors (Lipinski definition) is 1. The molecule has 0 aliphatic heterocycles. The molecule has 2 rings (SSSR count). The lowest BCUT2D eigenvalue weighted by Gasteiger charge is -2.17. The third kappa shape index (κ3) is 3.34. The fraction of sp³-hybridized carbons (Fsp3) is 0.500. The summed E-state index contributed by atoms with van der Waals surface area (Å²) in [4.78, 5) is 0.272. The van der Waals surface area contributed by atoms with Crippen LogP contribution in [0, 0.1) is 17.2 Å². The van der Waals surface area contributed by atoms with E-state index < -0.39 is 10.0 Å². The summed E-state index contributed by atoms with van der Waals surface area (Å²) in [5.74, 6) is 0.396. The summed E-state index contributed by atoms with van der Waals surface area (Å²) >= 11 is 0. The number of nitrogens with one attached hydrogen (secondary N) is 1. The molecular formula is C14H18N2O2S. The lowest BCUT2D eigenvalue weighted by Crippen LogP contribution is -2.36. The molecule has 2 unspecified atom stereocenters. The second kappa shape index (κ2) is 5.72. The molecule has 1 fully saturated rings. The highest BCUT2D eigenvalue weighted by Gasteiger charge is 2.28. The van der Waals surface area contributed by atoms with Gasteiger partial charge in [-0.25, -0.2) is 13.1 Å². The van der Waals surface area contributed by atoms with Crippen molar-refractivity contribution in [3.8, 4) is 6.07 Å². The van der Waals surface area contributed by atoms with Crippen LogP contribution in [0.5, 0.6) is 0 Å². The van der Waals surface area contributed by atoms with Crippen molar-refractivity contribution in [2.45, 2.75) is 43.5 Å². The molecule has 1 N–H and O–H groups in total. The number of rotatable bonds is 4. The Kier molecular flexibility index (Phi) is 4.23. The van der Waals surface area contributed by atoms with Crippen molar-refractivity contribution < 1.29 is 8.42 Å². The summed E-state index contributed by atoms with van der Waals surface area (Å²) in [5.41, 5.74) is 0.829. The Hall–Kier alpha value is -1.38. The summed E-state index contributed by atoms with van der Waals surface area (Å²) in [6.45, 7) is 2.08. The molecule has 1 aromatic carbocycles. The fourth-order valence-electron chi connectivity index (χ4n) is 2.47. The number of benzene rings is 1. The van der Waals surface area contributed by atoms with Gasteiger partial charge in [-0.3, -0.25) is 0 Å². The number of nitrogens with zero attached hydrogens (tertiary/aromatic N) is 1. The summed E-state index contributed by atoms with van der Waals surface area (Å²) < 4.78 is 27.2.